The van der Waals surface area contributed by atoms with Crippen LogP contribution >= 0.6 is 0 Å². The van der Waals surface area contributed by atoms with Gasteiger partial charge in [-0.25, -0.2) is 0 Å². The van der Waals surface area contributed by atoms with E-state index in [2.05, 4.69) is 13.8 Å². The van der Waals surface area contributed by atoms with Gasteiger partial charge in [-0.15, -0.1) is 0 Å². The second kappa shape index (κ2) is 6.20. The molecule has 0 atom stereocenters. The van der Waals surface area contributed by atoms with Crippen molar-refractivity contribution in [2.45, 2.75) is 33.6 Å². The molecule has 0 fully saturated rings. The van der Waals surface area contributed by atoms with E-state index in [4.69, 9.17) is 4.74 Å². The van der Waals surface area contributed by atoms with Gasteiger partial charge in [0, 0.05) is 6.42 Å². The molecule has 0 aliphatic heterocycles. The third-order valence-corrected chi connectivity index (χ3v) is 1.34. The Kier molecular flexibility index (Phi) is 5.90. The van der Waals surface area contributed by atoms with Crippen molar-refractivity contribution >= 4 is 5.97 Å². The second-order valence-corrected chi connectivity index (χ2v) is 3.02. The van der Waals surface area contributed by atoms with Crippen molar-refractivity contribution < 1.29 is 9.53 Å². The van der Waals surface area contributed by atoms with Crippen molar-refractivity contribution in [1.29, 1.82) is 0 Å². The molecule has 0 unspecified atom stereocenters. The van der Waals surface area contributed by atoms with Gasteiger partial charge in [0.2, 0.25) is 0 Å². The van der Waals surface area contributed by atoms with Crippen LogP contribution in [-0.4, -0.2) is 12.6 Å². The molecule has 0 N–H and O–H groups in total. The third-order valence-electron chi connectivity index (χ3n) is 1.34. The van der Waals surface area contributed by atoms with Gasteiger partial charge in [0.25, 0.3) is 0 Å². The highest BCUT2D eigenvalue weighted by Crippen LogP contribution is 2.04. The molecule has 0 saturated heterocycles. The van der Waals surface area contributed by atoms with Crippen LogP contribution in [0.1, 0.15) is 33.6 Å². The summed E-state index contributed by atoms with van der Waals surface area (Å²) < 4.78 is 4.85. The van der Waals surface area contributed by atoms with Gasteiger partial charge < -0.3 is 4.74 Å². The van der Waals surface area contributed by atoms with E-state index < -0.39 is 0 Å². The lowest BCUT2D eigenvalue weighted by molar-refractivity contribution is -0.143. The number of carbonyl (C=O) groups is 1. The summed E-state index contributed by atoms with van der Waals surface area (Å²) in [5, 5.41) is 0. The summed E-state index contributed by atoms with van der Waals surface area (Å²) in [5.74, 6) is 0.491. The highest BCUT2D eigenvalue weighted by molar-refractivity contribution is 5.69. The zero-order chi connectivity index (χ0) is 8.69. The average Bonchev–Trinajstić information content (AvgIpc) is 1.97. The van der Waals surface area contributed by atoms with E-state index in [0.29, 0.717) is 18.9 Å². The highest BCUT2D eigenvalue weighted by atomic mass is 16.5. The summed E-state index contributed by atoms with van der Waals surface area (Å²) in [4.78, 5) is 10.9. The Bertz CT molecular complexity index is 108. The Morgan fingerprint density at radius 1 is 1.55 bits per heavy atom. The van der Waals surface area contributed by atoms with Crippen LogP contribution in [0.3, 0.4) is 0 Å². The molecular formula is C9H17O2. The molecule has 2 heteroatoms. The normalized spacial score (nSPS) is 10.2. The molecule has 0 aromatic rings. The molecule has 0 bridgehead atoms. The molecule has 0 spiro atoms. The molecule has 0 rings (SSSR count). The number of carbonyl (C=O) groups excluding carboxylic acids is 1. The minimum atomic E-state index is -0.0863. The fourth-order valence-electron chi connectivity index (χ4n) is 0.655. The van der Waals surface area contributed by atoms with E-state index in [1.165, 1.54) is 0 Å². The maximum Gasteiger partial charge on any atom is 0.305 e. The van der Waals surface area contributed by atoms with Gasteiger partial charge in [-0.05, 0) is 18.8 Å². The quantitative estimate of drug-likeness (QED) is 0.572. The second-order valence-electron chi connectivity index (χ2n) is 3.02. The summed E-state index contributed by atoms with van der Waals surface area (Å²) in [6.07, 6.45) is 3.29. The molecule has 0 heterocycles. The van der Waals surface area contributed by atoms with Crippen LogP contribution in [-0.2, 0) is 9.53 Å². The molecular weight excluding hydrogens is 140 g/mol. The van der Waals surface area contributed by atoms with Gasteiger partial charge >= 0.3 is 5.97 Å². The summed E-state index contributed by atoms with van der Waals surface area (Å²) in [6, 6.07) is 0. The van der Waals surface area contributed by atoms with Crippen LogP contribution in [0.2, 0.25) is 0 Å². The number of hydrogen-bond acceptors (Lipinski definition) is 2. The molecule has 0 aromatic carbocycles. The molecule has 2 nitrogen and oxygen atoms in total. The fourth-order valence-corrected chi connectivity index (χ4v) is 0.655. The van der Waals surface area contributed by atoms with E-state index in [-0.39, 0.29) is 5.97 Å². The minimum Gasteiger partial charge on any atom is -0.465 e. The maximum atomic E-state index is 10.9. The molecule has 0 amide bonds. The van der Waals surface area contributed by atoms with Crippen molar-refractivity contribution in [3.8, 4) is 0 Å². The lowest BCUT2D eigenvalue weighted by Crippen LogP contribution is -2.06. The van der Waals surface area contributed by atoms with Crippen LogP contribution in [0.15, 0.2) is 0 Å². The van der Waals surface area contributed by atoms with Gasteiger partial charge in [-0.3, -0.25) is 4.79 Å². The van der Waals surface area contributed by atoms with E-state index in [1.54, 1.807) is 0 Å². The van der Waals surface area contributed by atoms with Crippen LogP contribution in [0.5, 0.6) is 0 Å². The zero-order valence-corrected chi connectivity index (χ0v) is 7.59. The van der Waals surface area contributed by atoms with Gasteiger partial charge in [0.15, 0.2) is 0 Å². The van der Waals surface area contributed by atoms with Crippen molar-refractivity contribution in [2.75, 3.05) is 6.61 Å². The lowest BCUT2D eigenvalue weighted by atomic mass is 10.1. The third kappa shape index (κ3) is 7.37. The first-order valence-corrected chi connectivity index (χ1v) is 4.10. The zero-order valence-electron chi connectivity index (χ0n) is 7.59. The Morgan fingerprint density at radius 2 is 2.18 bits per heavy atom. The molecule has 0 aromatic heterocycles. The van der Waals surface area contributed by atoms with E-state index in [9.17, 15) is 4.79 Å². The summed E-state index contributed by atoms with van der Waals surface area (Å²) >= 11 is 0. The van der Waals surface area contributed by atoms with Gasteiger partial charge in [-0.2, -0.15) is 0 Å². The topological polar surface area (TPSA) is 26.3 Å². The lowest BCUT2D eigenvalue weighted by Gasteiger charge is -2.04. The Morgan fingerprint density at radius 3 is 2.64 bits per heavy atom. The van der Waals surface area contributed by atoms with Crippen LogP contribution in [0, 0.1) is 12.3 Å². The predicted molar refractivity (Wildman–Crippen MR) is 45.0 cm³/mol. The van der Waals surface area contributed by atoms with E-state index >= 15 is 0 Å². The van der Waals surface area contributed by atoms with Crippen LogP contribution in [0.4, 0.5) is 0 Å². The number of ether oxygens (including phenoxy) is 1. The van der Waals surface area contributed by atoms with Crippen LogP contribution < -0.4 is 0 Å². The monoisotopic (exact) mass is 157 g/mol. The fraction of sp³-hybridized carbons (Fsp3) is 0.778. The molecule has 0 saturated carbocycles. The standard InChI is InChI=1S/C9H17O2/c1-4-7-11-9(10)6-5-8(2)3/h4,8H,5-7H2,1-3H3. The van der Waals surface area contributed by atoms with E-state index in [1.807, 2.05) is 13.3 Å². The van der Waals surface area contributed by atoms with Crippen molar-refractivity contribution in [1.82, 2.24) is 0 Å². The largest absolute Gasteiger partial charge is 0.465 e. The smallest absolute Gasteiger partial charge is 0.305 e. The molecule has 0 aliphatic carbocycles. The van der Waals surface area contributed by atoms with Gasteiger partial charge in [0.1, 0.15) is 0 Å². The molecule has 65 valence electrons. The summed E-state index contributed by atoms with van der Waals surface area (Å²) in [6.45, 7) is 6.51. The Labute approximate surface area is 68.9 Å². The highest BCUT2D eigenvalue weighted by Gasteiger charge is 2.02. The Hall–Kier alpha value is -0.530. The van der Waals surface area contributed by atoms with Crippen molar-refractivity contribution in [2.24, 2.45) is 5.92 Å². The van der Waals surface area contributed by atoms with E-state index in [0.717, 1.165) is 6.42 Å². The first-order valence-electron chi connectivity index (χ1n) is 4.10. The number of esters is 1. The van der Waals surface area contributed by atoms with Crippen molar-refractivity contribution in [3.63, 3.8) is 0 Å². The number of hydrogen-bond donors (Lipinski definition) is 0. The first-order chi connectivity index (χ1) is 5.16. The maximum absolute atomic E-state index is 10.9. The predicted octanol–water partition coefficient (Wildman–Crippen LogP) is 2.19. The Balaban J connectivity index is 3.23. The summed E-state index contributed by atoms with van der Waals surface area (Å²) in [7, 11) is 0. The van der Waals surface area contributed by atoms with Crippen molar-refractivity contribution in [3.05, 3.63) is 6.42 Å². The molecule has 11 heavy (non-hydrogen) atoms. The first kappa shape index (κ1) is 10.5. The summed E-state index contributed by atoms with van der Waals surface area (Å²) in [5.41, 5.74) is 0. The minimum absolute atomic E-state index is 0.0863. The number of rotatable bonds is 5. The van der Waals surface area contributed by atoms with Gasteiger partial charge in [-0.1, -0.05) is 20.8 Å². The average molecular weight is 157 g/mol. The van der Waals surface area contributed by atoms with Crippen LogP contribution in [0.25, 0.3) is 0 Å². The SMILES string of the molecule is C[CH]COC(=O)CCC(C)C. The molecule has 0 aliphatic rings. The molecule has 1 radical (unpaired) electrons. The van der Waals surface area contributed by atoms with Gasteiger partial charge in [0.05, 0.1) is 6.61 Å².